The van der Waals surface area contributed by atoms with Crippen molar-refractivity contribution in [2.45, 2.75) is 31.6 Å². The summed E-state index contributed by atoms with van der Waals surface area (Å²) in [5, 5.41) is 0. The smallest absolute Gasteiger partial charge is 0.240 e. The second kappa shape index (κ2) is 8.06. The van der Waals surface area contributed by atoms with E-state index in [0.29, 0.717) is 11.4 Å². The number of unbranched alkanes of at least 4 members (excludes halogenated alkanes) is 1. The maximum atomic E-state index is 12.2. The summed E-state index contributed by atoms with van der Waals surface area (Å²) in [7, 11) is -3.39. The van der Waals surface area contributed by atoms with Crippen LogP contribution in [0.2, 0.25) is 0 Å². The number of aryl methyl sites for hydroxylation is 2. The van der Waals surface area contributed by atoms with Gasteiger partial charge in [-0.2, -0.15) is 0 Å². The van der Waals surface area contributed by atoms with Gasteiger partial charge in [-0.05, 0) is 56.5 Å². The Morgan fingerprint density at radius 2 is 1.86 bits per heavy atom. The molecule has 22 heavy (non-hydrogen) atoms. The Hall–Kier alpha value is -0.950. The summed E-state index contributed by atoms with van der Waals surface area (Å²) in [6.07, 6.45) is 1.84. The topological polar surface area (TPSA) is 58.6 Å². The zero-order chi connectivity index (χ0) is 16.0. The van der Waals surface area contributed by atoms with Crippen LogP contribution >= 0.6 is 0 Å². The van der Waals surface area contributed by atoms with Crippen LogP contribution in [0.25, 0.3) is 0 Å². The second-order valence-electron chi connectivity index (χ2n) is 5.80. The fourth-order valence-corrected chi connectivity index (χ4v) is 3.61. The fourth-order valence-electron chi connectivity index (χ4n) is 2.46. The molecule has 0 aromatic heterocycles. The van der Waals surface area contributed by atoms with E-state index in [-0.39, 0.29) is 0 Å². The average molecular weight is 326 g/mol. The summed E-state index contributed by atoms with van der Waals surface area (Å²) in [5.41, 5.74) is 2.10. The van der Waals surface area contributed by atoms with E-state index >= 15 is 0 Å². The zero-order valence-corrected chi connectivity index (χ0v) is 14.3. The molecule has 0 saturated carbocycles. The molecule has 0 unspecified atom stereocenters. The van der Waals surface area contributed by atoms with Gasteiger partial charge in [0.1, 0.15) is 0 Å². The predicted molar refractivity (Wildman–Crippen MR) is 87.6 cm³/mol. The number of hydrogen-bond acceptors (Lipinski definition) is 4. The van der Waals surface area contributed by atoms with Crippen molar-refractivity contribution in [1.29, 1.82) is 0 Å². The van der Waals surface area contributed by atoms with Gasteiger partial charge in [0, 0.05) is 19.6 Å². The Kier molecular flexibility index (Phi) is 6.37. The molecular weight excluding hydrogens is 300 g/mol. The minimum absolute atomic E-state index is 0.351. The van der Waals surface area contributed by atoms with E-state index in [4.69, 9.17) is 4.74 Å². The molecule has 0 aliphatic carbocycles. The first-order valence-corrected chi connectivity index (χ1v) is 9.34. The molecule has 0 bridgehead atoms. The maximum Gasteiger partial charge on any atom is 0.240 e. The molecule has 1 aromatic carbocycles. The lowest BCUT2D eigenvalue weighted by atomic mass is 10.1. The van der Waals surface area contributed by atoms with Crippen molar-refractivity contribution in [3.63, 3.8) is 0 Å². The van der Waals surface area contributed by atoms with Crippen molar-refractivity contribution in [2.24, 2.45) is 0 Å². The van der Waals surface area contributed by atoms with Crippen LogP contribution in [-0.2, 0) is 14.8 Å². The molecule has 1 heterocycles. The molecular formula is C16H26N2O3S. The van der Waals surface area contributed by atoms with Crippen molar-refractivity contribution in [1.82, 2.24) is 9.62 Å². The molecule has 0 amide bonds. The summed E-state index contributed by atoms with van der Waals surface area (Å²) in [5.74, 6) is 0. The van der Waals surface area contributed by atoms with E-state index in [1.807, 2.05) is 19.9 Å². The van der Waals surface area contributed by atoms with Gasteiger partial charge in [0.05, 0.1) is 18.1 Å². The minimum atomic E-state index is -3.39. The van der Waals surface area contributed by atoms with Crippen LogP contribution in [0.4, 0.5) is 0 Å². The molecule has 5 nitrogen and oxygen atoms in total. The Labute approximate surface area is 133 Å². The van der Waals surface area contributed by atoms with E-state index in [1.54, 1.807) is 12.1 Å². The number of nitrogens with zero attached hydrogens (tertiary/aromatic N) is 1. The van der Waals surface area contributed by atoms with E-state index in [9.17, 15) is 8.42 Å². The minimum Gasteiger partial charge on any atom is -0.379 e. The molecule has 1 aromatic rings. The quantitative estimate of drug-likeness (QED) is 0.775. The van der Waals surface area contributed by atoms with Gasteiger partial charge in [-0.15, -0.1) is 0 Å². The Balaban J connectivity index is 1.74. The van der Waals surface area contributed by atoms with Crippen LogP contribution < -0.4 is 4.72 Å². The number of morpholine rings is 1. The normalized spacial score (nSPS) is 16.8. The second-order valence-corrected chi connectivity index (χ2v) is 7.57. The third-order valence-corrected chi connectivity index (χ3v) is 5.54. The van der Waals surface area contributed by atoms with Crippen LogP contribution in [0, 0.1) is 13.8 Å². The van der Waals surface area contributed by atoms with Crippen molar-refractivity contribution >= 4 is 10.0 Å². The van der Waals surface area contributed by atoms with Crippen molar-refractivity contribution < 1.29 is 13.2 Å². The summed E-state index contributed by atoms with van der Waals surface area (Å²) in [6, 6.07) is 5.24. The molecule has 2 rings (SSSR count). The Bertz CT molecular complexity index is 581. The van der Waals surface area contributed by atoms with Gasteiger partial charge in [-0.25, -0.2) is 13.1 Å². The van der Waals surface area contributed by atoms with Crippen LogP contribution in [0.5, 0.6) is 0 Å². The fraction of sp³-hybridized carbons (Fsp3) is 0.625. The standard InChI is InChI=1S/C16H26N2O3S/c1-14-5-6-16(13-15(14)2)22(19,20)17-7-3-4-8-18-9-11-21-12-10-18/h5-6,13,17H,3-4,7-12H2,1-2H3. The molecule has 1 saturated heterocycles. The molecule has 1 aliphatic heterocycles. The van der Waals surface area contributed by atoms with Gasteiger partial charge in [-0.1, -0.05) is 6.07 Å². The molecule has 1 fully saturated rings. The SMILES string of the molecule is Cc1ccc(S(=O)(=O)NCCCCN2CCOCC2)cc1C. The third-order valence-electron chi connectivity index (χ3n) is 4.09. The van der Waals surface area contributed by atoms with E-state index in [2.05, 4.69) is 9.62 Å². The average Bonchev–Trinajstić information content (AvgIpc) is 2.50. The number of nitrogens with one attached hydrogen (secondary N) is 1. The predicted octanol–water partition coefficient (Wildman–Crippen LogP) is 1.69. The zero-order valence-electron chi connectivity index (χ0n) is 13.5. The van der Waals surface area contributed by atoms with E-state index < -0.39 is 10.0 Å². The third kappa shape index (κ3) is 5.05. The summed E-state index contributed by atoms with van der Waals surface area (Å²) in [4.78, 5) is 2.71. The molecule has 1 N–H and O–H groups in total. The highest BCUT2D eigenvalue weighted by Gasteiger charge is 2.14. The highest BCUT2D eigenvalue weighted by molar-refractivity contribution is 7.89. The van der Waals surface area contributed by atoms with E-state index in [1.165, 1.54) is 0 Å². The van der Waals surface area contributed by atoms with Crippen LogP contribution in [0.1, 0.15) is 24.0 Å². The number of sulfonamides is 1. The number of hydrogen-bond donors (Lipinski definition) is 1. The highest BCUT2D eigenvalue weighted by Crippen LogP contribution is 2.14. The maximum absolute atomic E-state index is 12.2. The number of benzene rings is 1. The van der Waals surface area contributed by atoms with E-state index in [0.717, 1.165) is 56.8 Å². The molecule has 1 aliphatic rings. The number of ether oxygens (including phenoxy) is 1. The first kappa shape index (κ1) is 17.4. The van der Waals surface area contributed by atoms with Gasteiger partial charge >= 0.3 is 0 Å². The van der Waals surface area contributed by atoms with Gasteiger partial charge < -0.3 is 4.74 Å². The monoisotopic (exact) mass is 326 g/mol. The highest BCUT2D eigenvalue weighted by atomic mass is 32.2. The van der Waals surface area contributed by atoms with Crippen molar-refractivity contribution in [3.05, 3.63) is 29.3 Å². The largest absolute Gasteiger partial charge is 0.379 e. The lowest BCUT2D eigenvalue weighted by Crippen LogP contribution is -2.37. The van der Waals surface area contributed by atoms with Crippen molar-refractivity contribution in [2.75, 3.05) is 39.4 Å². The first-order chi connectivity index (χ1) is 10.5. The summed E-state index contributed by atoms with van der Waals surface area (Å²) >= 11 is 0. The van der Waals surface area contributed by atoms with Gasteiger partial charge in [0.2, 0.25) is 10.0 Å². The molecule has 0 spiro atoms. The molecule has 0 radical (unpaired) electrons. The van der Waals surface area contributed by atoms with Crippen LogP contribution in [-0.4, -0.2) is 52.7 Å². The van der Waals surface area contributed by atoms with Crippen LogP contribution in [0.15, 0.2) is 23.1 Å². The molecule has 0 atom stereocenters. The van der Waals surface area contributed by atoms with Gasteiger partial charge in [0.15, 0.2) is 0 Å². The van der Waals surface area contributed by atoms with Crippen LogP contribution in [0.3, 0.4) is 0 Å². The van der Waals surface area contributed by atoms with Gasteiger partial charge in [0.25, 0.3) is 0 Å². The summed E-state index contributed by atoms with van der Waals surface area (Å²) < 4.78 is 32.4. The Morgan fingerprint density at radius 1 is 1.14 bits per heavy atom. The Morgan fingerprint density at radius 3 is 2.55 bits per heavy atom. The lowest BCUT2D eigenvalue weighted by Gasteiger charge is -2.26. The number of rotatable bonds is 7. The van der Waals surface area contributed by atoms with Crippen molar-refractivity contribution in [3.8, 4) is 0 Å². The summed E-state index contributed by atoms with van der Waals surface area (Å²) in [6.45, 7) is 8.97. The lowest BCUT2D eigenvalue weighted by molar-refractivity contribution is 0.0372. The first-order valence-electron chi connectivity index (χ1n) is 7.86. The van der Waals surface area contributed by atoms with Gasteiger partial charge in [-0.3, -0.25) is 4.90 Å². The molecule has 6 heteroatoms. The molecule has 124 valence electrons.